The van der Waals surface area contributed by atoms with Gasteiger partial charge in [-0.1, -0.05) is 35.3 Å². The second-order valence-electron chi connectivity index (χ2n) is 4.61. The van der Waals surface area contributed by atoms with Gasteiger partial charge in [0, 0.05) is 19.5 Å². The van der Waals surface area contributed by atoms with E-state index in [2.05, 4.69) is 0 Å². The van der Waals surface area contributed by atoms with Crippen LogP contribution in [0.15, 0.2) is 18.2 Å². The van der Waals surface area contributed by atoms with Gasteiger partial charge in [0.2, 0.25) is 5.91 Å². The third kappa shape index (κ3) is 2.97. The number of benzene rings is 1. The summed E-state index contributed by atoms with van der Waals surface area (Å²) in [6.07, 6.45) is 1.29. The van der Waals surface area contributed by atoms with E-state index in [-0.39, 0.29) is 5.91 Å². The number of nitrogens with two attached hydrogens (primary N) is 1. The van der Waals surface area contributed by atoms with E-state index in [4.69, 9.17) is 28.9 Å². The summed E-state index contributed by atoms with van der Waals surface area (Å²) in [7, 11) is 0. The van der Waals surface area contributed by atoms with Gasteiger partial charge in [-0.15, -0.1) is 0 Å². The number of nitrogens with zero attached hydrogens (tertiary/aromatic N) is 1. The molecular formula is C13H16Cl2N2O. The molecule has 0 radical (unpaired) electrons. The molecular weight excluding hydrogens is 271 g/mol. The fourth-order valence-electron chi connectivity index (χ4n) is 2.22. The minimum absolute atomic E-state index is 0.184. The summed E-state index contributed by atoms with van der Waals surface area (Å²) < 4.78 is 0. The lowest BCUT2D eigenvalue weighted by molar-refractivity contribution is -0.127. The van der Waals surface area contributed by atoms with Gasteiger partial charge >= 0.3 is 0 Å². The number of amides is 1. The van der Waals surface area contributed by atoms with Gasteiger partial charge in [0.05, 0.1) is 10.0 Å². The zero-order chi connectivity index (χ0) is 13.1. The second-order valence-corrected chi connectivity index (χ2v) is 5.39. The Labute approximate surface area is 117 Å². The first-order valence-corrected chi connectivity index (χ1v) is 6.78. The Kier molecular flexibility index (Phi) is 4.49. The summed E-state index contributed by atoms with van der Waals surface area (Å²) in [5, 5.41) is 1.14. The maximum atomic E-state index is 11.7. The SMILES string of the molecule is NCC1CC(=O)N(CCc2cccc(Cl)c2Cl)C1. The Morgan fingerprint density at radius 3 is 2.83 bits per heavy atom. The van der Waals surface area contributed by atoms with Gasteiger partial charge in [0.25, 0.3) is 0 Å². The summed E-state index contributed by atoms with van der Waals surface area (Å²) in [5.41, 5.74) is 6.57. The van der Waals surface area contributed by atoms with Gasteiger partial charge in [-0.2, -0.15) is 0 Å². The molecule has 1 fully saturated rings. The minimum atomic E-state index is 0.184. The molecule has 3 nitrogen and oxygen atoms in total. The first-order valence-electron chi connectivity index (χ1n) is 6.02. The van der Waals surface area contributed by atoms with Gasteiger partial charge in [-0.25, -0.2) is 0 Å². The molecule has 0 spiro atoms. The number of halogens is 2. The van der Waals surface area contributed by atoms with Crippen LogP contribution in [0.4, 0.5) is 0 Å². The molecule has 0 saturated carbocycles. The third-order valence-corrected chi connectivity index (χ3v) is 4.17. The average molecular weight is 287 g/mol. The van der Waals surface area contributed by atoms with Crippen molar-refractivity contribution < 1.29 is 4.79 Å². The Balaban J connectivity index is 1.96. The zero-order valence-corrected chi connectivity index (χ0v) is 11.5. The number of carbonyl (C=O) groups excluding carboxylic acids is 1. The third-order valence-electron chi connectivity index (χ3n) is 3.31. The first-order chi connectivity index (χ1) is 8.61. The molecule has 1 unspecified atom stereocenters. The highest BCUT2D eigenvalue weighted by Crippen LogP contribution is 2.26. The number of hydrogen-bond acceptors (Lipinski definition) is 2. The predicted octanol–water partition coefficient (Wildman–Crippen LogP) is 2.34. The van der Waals surface area contributed by atoms with Crippen molar-refractivity contribution in [3.8, 4) is 0 Å². The van der Waals surface area contributed by atoms with E-state index in [9.17, 15) is 4.79 Å². The van der Waals surface area contributed by atoms with Crippen LogP contribution < -0.4 is 5.73 Å². The van der Waals surface area contributed by atoms with Gasteiger partial charge in [0.1, 0.15) is 0 Å². The summed E-state index contributed by atoms with van der Waals surface area (Å²) in [4.78, 5) is 13.6. The van der Waals surface area contributed by atoms with Crippen LogP contribution in [0.5, 0.6) is 0 Å². The number of likely N-dealkylation sites (tertiary alicyclic amines) is 1. The van der Waals surface area contributed by atoms with Crippen molar-refractivity contribution in [2.24, 2.45) is 11.7 Å². The molecule has 1 amide bonds. The Bertz CT molecular complexity index is 451. The van der Waals surface area contributed by atoms with Gasteiger partial charge in [-0.3, -0.25) is 4.79 Å². The molecule has 0 aliphatic carbocycles. The van der Waals surface area contributed by atoms with Crippen LogP contribution >= 0.6 is 23.2 Å². The molecule has 1 saturated heterocycles. The molecule has 0 bridgehead atoms. The lowest BCUT2D eigenvalue weighted by Crippen LogP contribution is -2.28. The van der Waals surface area contributed by atoms with Crippen LogP contribution in [-0.2, 0) is 11.2 Å². The first kappa shape index (κ1) is 13.7. The van der Waals surface area contributed by atoms with E-state index in [0.29, 0.717) is 35.5 Å². The van der Waals surface area contributed by atoms with Crippen molar-refractivity contribution in [2.75, 3.05) is 19.6 Å². The van der Waals surface area contributed by atoms with E-state index >= 15 is 0 Å². The Morgan fingerprint density at radius 2 is 2.17 bits per heavy atom. The van der Waals surface area contributed by atoms with Crippen LogP contribution in [0, 0.1) is 5.92 Å². The van der Waals surface area contributed by atoms with E-state index < -0.39 is 0 Å². The highest BCUT2D eigenvalue weighted by molar-refractivity contribution is 6.42. The van der Waals surface area contributed by atoms with Crippen LogP contribution in [0.25, 0.3) is 0 Å². The molecule has 1 atom stereocenters. The molecule has 5 heteroatoms. The van der Waals surface area contributed by atoms with Crippen LogP contribution in [0.1, 0.15) is 12.0 Å². The molecule has 1 aliphatic rings. The van der Waals surface area contributed by atoms with Crippen molar-refractivity contribution in [3.05, 3.63) is 33.8 Å². The summed E-state index contributed by atoms with van der Waals surface area (Å²) in [6.45, 7) is 2.00. The fraction of sp³-hybridized carbons (Fsp3) is 0.462. The Hall–Kier alpha value is -0.770. The van der Waals surface area contributed by atoms with E-state index in [0.717, 1.165) is 18.5 Å². The molecule has 98 valence electrons. The minimum Gasteiger partial charge on any atom is -0.342 e. The van der Waals surface area contributed by atoms with Crippen molar-refractivity contribution in [3.63, 3.8) is 0 Å². The largest absolute Gasteiger partial charge is 0.342 e. The predicted molar refractivity (Wildman–Crippen MR) is 73.9 cm³/mol. The van der Waals surface area contributed by atoms with Crippen molar-refractivity contribution in [1.29, 1.82) is 0 Å². The molecule has 2 rings (SSSR count). The van der Waals surface area contributed by atoms with E-state index in [1.807, 2.05) is 17.0 Å². The van der Waals surface area contributed by atoms with Crippen molar-refractivity contribution in [2.45, 2.75) is 12.8 Å². The summed E-state index contributed by atoms with van der Waals surface area (Å²) >= 11 is 12.1. The van der Waals surface area contributed by atoms with E-state index in [1.165, 1.54) is 0 Å². The standard InChI is InChI=1S/C13H16Cl2N2O/c14-11-3-1-2-10(13(11)15)4-5-17-8-9(7-16)6-12(17)18/h1-3,9H,4-8,16H2. The maximum absolute atomic E-state index is 11.7. The highest BCUT2D eigenvalue weighted by atomic mass is 35.5. The monoisotopic (exact) mass is 286 g/mol. The molecule has 18 heavy (non-hydrogen) atoms. The van der Waals surface area contributed by atoms with Crippen LogP contribution in [0.2, 0.25) is 10.0 Å². The molecule has 1 aromatic rings. The van der Waals surface area contributed by atoms with Crippen LogP contribution in [-0.4, -0.2) is 30.4 Å². The quantitative estimate of drug-likeness (QED) is 0.924. The number of hydrogen-bond donors (Lipinski definition) is 1. The summed E-state index contributed by atoms with van der Waals surface area (Å²) in [5.74, 6) is 0.482. The van der Waals surface area contributed by atoms with E-state index in [1.54, 1.807) is 6.07 Å². The normalized spacial score (nSPS) is 19.6. The lowest BCUT2D eigenvalue weighted by atomic mass is 10.1. The second kappa shape index (κ2) is 5.91. The number of carbonyl (C=O) groups is 1. The lowest BCUT2D eigenvalue weighted by Gasteiger charge is -2.17. The van der Waals surface area contributed by atoms with Gasteiger partial charge in [0.15, 0.2) is 0 Å². The van der Waals surface area contributed by atoms with Crippen molar-refractivity contribution in [1.82, 2.24) is 4.90 Å². The van der Waals surface area contributed by atoms with Crippen molar-refractivity contribution >= 4 is 29.1 Å². The van der Waals surface area contributed by atoms with Gasteiger partial charge < -0.3 is 10.6 Å². The maximum Gasteiger partial charge on any atom is 0.222 e. The zero-order valence-electron chi connectivity index (χ0n) is 10.0. The molecule has 1 aromatic carbocycles. The fourth-order valence-corrected chi connectivity index (χ4v) is 2.64. The van der Waals surface area contributed by atoms with Crippen LogP contribution in [0.3, 0.4) is 0 Å². The molecule has 2 N–H and O–H groups in total. The summed E-state index contributed by atoms with van der Waals surface area (Å²) in [6, 6.07) is 5.58. The van der Waals surface area contributed by atoms with Gasteiger partial charge in [-0.05, 0) is 30.5 Å². The molecule has 1 heterocycles. The topological polar surface area (TPSA) is 46.3 Å². The highest BCUT2D eigenvalue weighted by Gasteiger charge is 2.28. The smallest absolute Gasteiger partial charge is 0.222 e. The molecule has 1 aliphatic heterocycles. The average Bonchev–Trinajstić information content (AvgIpc) is 2.72. The molecule has 0 aromatic heterocycles. The Morgan fingerprint density at radius 1 is 1.39 bits per heavy atom. The number of rotatable bonds is 4.